The van der Waals surface area contributed by atoms with Gasteiger partial charge in [-0.05, 0) is 43.2 Å². The van der Waals surface area contributed by atoms with E-state index in [0.29, 0.717) is 5.56 Å². The summed E-state index contributed by atoms with van der Waals surface area (Å²) in [7, 11) is 1.42. The topological polar surface area (TPSA) is 94.2 Å². The van der Waals surface area contributed by atoms with Gasteiger partial charge in [0, 0.05) is 0 Å². The predicted octanol–water partition coefficient (Wildman–Crippen LogP) is 3.69. The van der Waals surface area contributed by atoms with Crippen LogP contribution in [-0.4, -0.2) is 43.1 Å². The number of aryl methyl sites for hydroxylation is 1. The minimum atomic E-state index is -0.537. The van der Waals surface area contributed by atoms with E-state index in [-0.39, 0.29) is 42.0 Å². The average molecular weight is 459 g/mol. The number of ether oxygens (including phenoxy) is 3. The number of urea groups is 1. The van der Waals surface area contributed by atoms with Crippen LogP contribution in [0.1, 0.15) is 23.6 Å². The fraction of sp³-hybridized carbons (Fsp3) is 0.261. The first-order valence-corrected chi connectivity index (χ1v) is 10.3. The lowest BCUT2D eigenvalue weighted by Gasteiger charge is -2.13. The van der Waals surface area contributed by atoms with Gasteiger partial charge in [0.15, 0.2) is 18.1 Å². The highest BCUT2D eigenvalue weighted by atomic mass is 35.5. The van der Waals surface area contributed by atoms with Crippen molar-refractivity contribution in [3.05, 3.63) is 63.8 Å². The normalized spacial score (nSPS) is 14.5. The molecule has 0 aromatic heterocycles. The zero-order valence-electron chi connectivity index (χ0n) is 17.9. The van der Waals surface area contributed by atoms with Crippen LogP contribution in [0.2, 0.25) is 5.02 Å². The van der Waals surface area contributed by atoms with Gasteiger partial charge in [-0.15, -0.1) is 0 Å². The number of nitrogens with zero attached hydrogens (tertiary/aromatic N) is 1. The van der Waals surface area contributed by atoms with E-state index in [1.807, 2.05) is 31.2 Å². The number of rotatable bonds is 8. The number of esters is 1. The van der Waals surface area contributed by atoms with Gasteiger partial charge < -0.3 is 19.5 Å². The monoisotopic (exact) mass is 458 g/mol. The van der Waals surface area contributed by atoms with E-state index in [0.717, 1.165) is 16.0 Å². The van der Waals surface area contributed by atoms with Crippen molar-refractivity contribution < 1.29 is 28.6 Å². The first-order chi connectivity index (χ1) is 15.3. The third-order valence-corrected chi connectivity index (χ3v) is 4.91. The molecule has 9 heteroatoms. The number of carbonyl (C=O) groups excluding carboxylic acids is 3. The van der Waals surface area contributed by atoms with Crippen LogP contribution in [0.25, 0.3) is 6.08 Å². The van der Waals surface area contributed by atoms with Crippen molar-refractivity contribution >= 4 is 35.6 Å². The van der Waals surface area contributed by atoms with Crippen LogP contribution in [0.15, 0.2) is 42.1 Å². The molecule has 1 saturated heterocycles. The van der Waals surface area contributed by atoms with Crippen LogP contribution in [0.5, 0.6) is 11.5 Å². The van der Waals surface area contributed by atoms with Crippen molar-refractivity contribution in [2.24, 2.45) is 0 Å². The second kappa shape index (κ2) is 10.2. The number of imide groups is 1. The highest BCUT2D eigenvalue weighted by Gasteiger charge is 2.33. The third-order valence-electron chi connectivity index (χ3n) is 4.63. The van der Waals surface area contributed by atoms with Gasteiger partial charge in [0.25, 0.3) is 5.91 Å². The van der Waals surface area contributed by atoms with E-state index in [9.17, 15) is 14.4 Å². The van der Waals surface area contributed by atoms with Crippen molar-refractivity contribution in [1.82, 2.24) is 10.2 Å². The maximum atomic E-state index is 12.8. The van der Waals surface area contributed by atoms with Crippen molar-refractivity contribution in [3.8, 4) is 11.5 Å². The third kappa shape index (κ3) is 5.39. The molecule has 1 N–H and O–H groups in total. The minimum Gasteiger partial charge on any atom is -0.493 e. The molecule has 1 fully saturated rings. The smallest absolute Gasteiger partial charge is 0.344 e. The van der Waals surface area contributed by atoms with Gasteiger partial charge in [0.2, 0.25) is 0 Å². The van der Waals surface area contributed by atoms with Gasteiger partial charge in [-0.25, -0.2) is 9.59 Å². The highest BCUT2D eigenvalue weighted by molar-refractivity contribution is 6.32. The highest BCUT2D eigenvalue weighted by Crippen LogP contribution is 2.37. The average Bonchev–Trinajstić information content (AvgIpc) is 3.01. The second-order valence-electron chi connectivity index (χ2n) is 6.99. The Bertz CT molecular complexity index is 1060. The second-order valence-corrected chi connectivity index (χ2v) is 7.40. The Morgan fingerprint density at radius 1 is 1.19 bits per heavy atom. The number of hydrogen-bond donors (Lipinski definition) is 1. The molecule has 168 valence electrons. The van der Waals surface area contributed by atoms with Gasteiger partial charge in [-0.2, -0.15) is 0 Å². The quantitative estimate of drug-likeness (QED) is 0.368. The molecule has 2 aromatic carbocycles. The molecule has 32 heavy (non-hydrogen) atoms. The Labute approximate surface area is 190 Å². The van der Waals surface area contributed by atoms with Crippen molar-refractivity contribution in [2.75, 3.05) is 20.3 Å². The van der Waals surface area contributed by atoms with E-state index in [4.69, 9.17) is 25.8 Å². The number of carbonyl (C=O) groups is 3. The van der Waals surface area contributed by atoms with Gasteiger partial charge in [-0.3, -0.25) is 9.69 Å². The lowest BCUT2D eigenvalue weighted by molar-refractivity contribution is -0.145. The lowest BCUT2D eigenvalue weighted by Crippen LogP contribution is -2.30. The van der Waals surface area contributed by atoms with Crippen LogP contribution in [0.4, 0.5) is 4.79 Å². The molecular formula is C23H23ClN2O6. The fourth-order valence-electron chi connectivity index (χ4n) is 3.05. The summed E-state index contributed by atoms with van der Waals surface area (Å²) in [6.07, 6.45) is 1.50. The largest absolute Gasteiger partial charge is 0.493 e. The maximum absolute atomic E-state index is 12.8. The van der Waals surface area contributed by atoms with Crippen LogP contribution in [0.3, 0.4) is 0 Å². The first-order valence-electron chi connectivity index (χ1n) is 9.88. The van der Waals surface area contributed by atoms with Crippen LogP contribution >= 0.6 is 11.6 Å². The van der Waals surface area contributed by atoms with E-state index in [1.54, 1.807) is 19.1 Å². The molecule has 0 radical (unpaired) electrons. The summed E-state index contributed by atoms with van der Waals surface area (Å²) in [5.41, 5.74) is 2.55. The van der Waals surface area contributed by atoms with E-state index in [2.05, 4.69) is 5.32 Å². The van der Waals surface area contributed by atoms with Crippen molar-refractivity contribution in [2.45, 2.75) is 20.4 Å². The molecule has 1 aliphatic heterocycles. The number of methoxy groups -OCH3 is 1. The van der Waals surface area contributed by atoms with Crippen molar-refractivity contribution in [3.63, 3.8) is 0 Å². The molecule has 0 saturated carbocycles. The van der Waals surface area contributed by atoms with Crippen LogP contribution in [0, 0.1) is 6.92 Å². The van der Waals surface area contributed by atoms with E-state index < -0.39 is 17.9 Å². The Hall–Kier alpha value is -3.52. The van der Waals surface area contributed by atoms with Crippen LogP contribution in [-0.2, 0) is 20.9 Å². The summed E-state index contributed by atoms with van der Waals surface area (Å²) in [5.74, 6) is -0.549. The first kappa shape index (κ1) is 23.1. The van der Waals surface area contributed by atoms with E-state index in [1.165, 1.54) is 13.2 Å². The van der Waals surface area contributed by atoms with Gasteiger partial charge in [0.05, 0.1) is 25.3 Å². The number of amides is 3. The van der Waals surface area contributed by atoms with E-state index >= 15 is 0 Å². The molecule has 0 bridgehead atoms. The van der Waals surface area contributed by atoms with Gasteiger partial charge in [0.1, 0.15) is 5.70 Å². The van der Waals surface area contributed by atoms with Gasteiger partial charge in [-0.1, -0.05) is 41.4 Å². The predicted molar refractivity (Wildman–Crippen MR) is 118 cm³/mol. The number of nitrogens with one attached hydrogen (secondary N) is 1. The Morgan fingerprint density at radius 2 is 1.91 bits per heavy atom. The molecule has 0 aliphatic carbocycles. The zero-order valence-corrected chi connectivity index (χ0v) is 18.7. The number of hydrogen-bond acceptors (Lipinski definition) is 6. The standard InChI is InChI=1S/C23H23ClN2O6/c1-4-31-20(27)13-32-21-17(24)9-16(11-19(21)30-3)10-18-22(28)26(23(29)25-18)12-15-7-5-14(2)6-8-15/h5-11H,4,12-13H2,1-3H3,(H,25,29)/b18-10+. The molecule has 3 rings (SSSR count). The number of benzene rings is 2. The zero-order chi connectivity index (χ0) is 23.3. The summed E-state index contributed by atoms with van der Waals surface area (Å²) in [5, 5.41) is 2.76. The SMILES string of the molecule is CCOC(=O)COc1c(Cl)cc(/C=C2/NC(=O)N(Cc3ccc(C)cc3)C2=O)cc1OC. The molecule has 3 amide bonds. The molecule has 1 heterocycles. The molecule has 8 nitrogen and oxygen atoms in total. The Balaban J connectivity index is 1.79. The molecule has 1 aliphatic rings. The summed E-state index contributed by atoms with van der Waals surface area (Å²) >= 11 is 6.30. The minimum absolute atomic E-state index is 0.112. The summed E-state index contributed by atoms with van der Waals surface area (Å²) < 4.78 is 15.6. The van der Waals surface area contributed by atoms with Crippen LogP contribution < -0.4 is 14.8 Å². The van der Waals surface area contributed by atoms with Crippen molar-refractivity contribution in [1.29, 1.82) is 0 Å². The Kier molecular flexibility index (Phi) is 7.37. The molecular weight excluding hydrogens is 436 g/mol. The molecule has 0 spiro atoms. The molecule has 2 aromatic rings. The Morgan fingerprint density at radius 3 is 2.56 bits per heavy atom. The summed E-state index contributed by atoms with van der Waals surface area (Å²) in [4.78, 5) is 37.8. The maximum Gasteiger partial charge on any atom is 0.344 e. The molecule has 0 unspecified atom stereocenters. The lowest BCUT2D eigenvalue weighted by atomic mass is 10.1. The summed E-state index contributed by atoms with van der Waals surface area (Å²) in [6, 6.07) is 10.2. The number of halogens is 1. The fourth-order valence-corrected chi connectivity index (χ4v) is 3.33. The molecule has 0 atom stereocenters. The summed E-state index contributed by atoms with van der Waals surface area (Å²) in [6.45, 7) is 3.73. The van der Waals surface area contributed by atoms with Gasteiger partial charge >= 0.3 is 12.0 Å².